The van der Waals surface area contributed by atoms with E-state index < -0.39 is 0 Å². The molecule has 1 saturated heterocycles. The number of amides is 1. The van der Waals surface area contributed by atoms with Crippen LogP contribution in [0.3, 0.4) is 0 Å². The molecule has 1 aliphatic heterocycles. The minimum atomic E-state index is -0.285. The second kappa shape index (κ2) is 8.49. The van der Waals surface area contributed by atoms with E-state index in [4.69, 9.17) is 9.47 Å². The maximum absolute atomic E-state index is 12.5. The molecule has 0 aromatic heterocycles. The second-order valence-corrected chi connectivity index (χ2v) is 7.28. The van der Waals surface area contributed by atoms with Crippen LogP contribution in [0.2, 0.25) is 0 Å². The summed E-state index contributed by atoms with van der Waals surface area (Å²) in [6, 6.07) is 4.18. The summed E-state index contributed by atoms with van der Waals surface area (Å²) in [6.45, 7) is 8.63. The maximum Gasteiger partial charge on any atom is 0.415 e. The Bertz CT molecular complexity index is 576. The van der Waals surface area contributed by atoms with Gasteiger partial charge in [0, 0.05) is 18.7 Å². The van der Waals surface area contributed by atoms with E-state index in [0.29, 0.717) is 42.5 Å². The molecule has 1 amide bonds. The molecule has 0 N–H and O–H groups in total. The molecule has 0 aliphatic carbocycles. The third-order valence-corrected chi connectivity index (χ3v) is 4.11. The summed E-state index contributed by atoms with van der Waals surface area (Å²) >= 11 is 0. The van der Waals surface area contributed by atoms with E-state index in [0.717, 1.165) is 11.3 Å². The van der Waals surface area contributed by atoms with E-state index in [1.807, 2.05) is 13.0 Å². The summed E-state index contributed by atoms with van der Waals surface area (Å²) in [5.41, 5.74) is 3.27. The minimum absolute atomic E-state index is 0. The van der Waals surface area contributed by atoms with Crippen molar-refractivity contribution in [1.82, 2.24) is 9.38 Å². The lowest BCUT2D eigenvalue weighted by Crippen LogP contribution is -3.00. The zero-order valence-electron chi connectivity index (χ0n) is 15.6. The number of morpholine rings is 1. The zero-order chi connectivity index (χ0) is 17.2. The Labute approximate surface area is 162 Å². The Balaban J connectivity index is 0.00000288. The number of benzene rings is 1. The molecule has 2 rings (SSSR count). The fourth-order valence-electron chi connectivity index (χ4n) is 2.87. The van der Waals surface area contributed by atoms with E-state index in [-0.39, 0.29) is 30.1 Å². The first-order chi connectivity index (χ1) is 10.7. The molecule has 24 heavy (non-hydrogen) atoms. The Hall–Kier alpha value is -0.860. The van der Waals surface area contributed by atoms with Crippen LogP contribution in [0, 0.1) is 6.92 Å². The lowest BCUT2D eigenvalue weighted by Gasteiger charge is -2.31. The zero-order valence-corrected chi connectivity index (χ0v) is 17.7. The van der Waals surface area contributed by atoms with E-state index in [1.165, 1.54) is 5.56 Å². The van der Waals surface area contributed by atoms with Gasteiger partial charge in [0.1, 0.15) is 0 Å². The number of hydrogen-bond acceptors (Lipinski definition) is 3. The normalized spacial score (nSPS) is 15.2. The van der Waals surface area contributed by atoms with Crippen molar-refractivity contribution < 1.29 is 38.2 Å². The molecule has 1 fully saturated rings. The monoisotopic (exact) mass is 448 g/mol. The van der Waals surface area contributed by atoms with Gasteiger partial charge in [0.05, 0.1) is 34.4 Å². The van der Waals surface area contributed by atoms with Gasteiger partial charge in [-0.15, -0.1) is 0 Å². The highest BCUT2D eigenvalue weighted by Crippen LogP contribution is 2.40. The number of nitrogens with zero attached hydrogens (tertiary/aromatic N) is 2. The highest BCUT2D eigenvalue weighted by molar-refractivity contribution is 5.76. The van der Waals surface area contributed by atoms with Crippen molar-refractivity contribution in [2.24, 2.45) is 0 Å². The van der Waals surface area contributed by atoms with Crippen molar-refractivity contribution in [3.8, 4) is 5.75 Å². The standard InChI is InChI=1S/C18H29N2O3.HI/c1-13(2)15-8-7-14(3)17(16(15)20(4,5)6)23-18(21)19-9-11-22-12-10-19;/h7-8,13H,9-12H2,1-6H3;1H/q+1;/p-1. The first kappa shape index (κ1) is 21.2. The van der Waals surface area contributed by atoms with E-state index >= 15 is 0 Å². The first-order valence-corrected chi connectivity index (χ1v) is 8.22. The van der Waals surface area contributed by atoms with Gasteiger partial charge in [-0.2, -0.15) is 0 Å². The van der Waals surface area contributed by atoms with E-state index in [1.54, 1.807) is 4.90 Å². The van der Waals surface area contributed by atoms with Gasteiger partial charge in [0.15, 0.2) is 11.4 Å². The largest absolute Gasteiger partial charge is 1.00 e. The molecule has 0 bridgehead atoms. The lowest BCUT2D eigenvalue weighted by molar-refractivity contribution is -0.0000110. The number of carbonyl (C=O) groups is 1. The number of quaternary nitrogens is 1. The number of hydrogen-bond donors (Lipinski definition) is 0. The summed E-state index contributed by atoms with van der Waals surface area (Å²) < 4.78 is 11.8. The predicted molar refractivity (Wildman–Crippen MR) is 93.3 cm³/mol. The van der Waals surface area contributed by atoms with Crippen molar-refractivity contribution in [3.63, 3.8) is 0 Å². The van der Waals surface area contributed by atoms with Crippen LogP contribution in [0.15, 0.2) is 12.1 Å². The highest BCUT2D eigenvalue weighted by atomic mass is 127. The molecule has 1 aliphatic rings. The van der Waals surface area contributed by atoms with Crippen molar-refractivity contribution in [2.75, 3.05) is 47.4 Å². The summed E-state index contributed by atoms with van der Waals surface area (Å²) in [5.74, 6) is 1.06. The molecule has 5 nitrogen and oxygen atoms in total. The molecule has 0 unspecified atom stereocenters. The number of aryl methyl sites for hydroxylation is 1. The molecule has 1 heterocycles. The molecule has 6 heteroatoms. The number of rotatable bonds is 3. The predicted octanol–water partition coefficient (Wildman–Crippen LogP) is 0.150. The molecule has 0 saturated carbocycles. The third-order valence-electron chi connectivity index (χ3n) is 4.11. The van der Waals surface area contributed by atoms with Crippen molar-refractivity contribution >= 4 is 11.8 Å². The van der Waals surface area contributed by atoms with Crippen LogP contribution >= 0.6 is 0 Å². The van der Waals surface area contributed by atoms with Gasteiger partial charge in [-0.3, -0.25) is 4.48 Å². The second-order valence-electron chi connectivity index (χ2n) is 7.28. The lowest BCUT2D eigenvalue weighted by atomic mass is 9.97. The Kier molecular flexibility index (Phi) is 7.49. The molecular weight excluding hydrogens is 419 g/mol. The van der Waals surface area contributed by atoms with Crippen molar-refractivity contribution in [3.05, 3.63) is 23.3 Å². The number of carbonyl (C=O) groups excluding carboxylic acids is 1. The summed E-state index contributed by atoms with van der Waals surface area (Å²) in [7, 11) is 6.31. The van der Waals surface area contributed by atoms with Gasteiger partial charge in [-0.1, -0.05) is 26.0 Å². The van der Waals surface area contributed by atoms with Gasteiger partial charge >= 0.3 is 6.09 Å². The minimum Gasteiger partial charge on any atom is -1.00 e. The van der Waals surface area contributed by atoms with Gasteiger partial charge in [0.2, 0.25) is 0 Å². The summed E-state index contributed by atoms with van der Waals surface area (Å²) in [5, 5.41) is 0. The molecule has 1 aromatic carbocycles. The molecule has 0 radical (unpaired) electrons. The maximum atomic E-state index is 12.5. The van der Waals surface area contributed by atoms with Gasteiger partial charge in [-0.05, 0) is 18.4 Å². The topological polar surface area (TPSA) is 38.8 Å². The van der Waals surface area contributed by atoms with Gasteiger partial charge < -0.3 is 38.4 Å². The Morgan fingerprint density at radius 3 is 2.29 bits per heavy atom. The third kappa shape index (κ3) is 4.83. The van der Waals surface area contributed by atoms with Crippen LogP contribution in [0.25, 0.3) is 0 Å². The van der Waals surface area contributed by atoms with Crippen LogP contribution in [-0.4, -0.2) is 58.4 Å². The van der Waals surface area contributed by atoms with Crippen molar-refractivity contribution in [2.45, 2.75) is 26.7 Å². The smallest absolute Gasteiger partial charge is 0.415 e. The number of ether oxygens (including phenoxy) is 2. The molecule has 0 spiro atoms. The van der Waals surface area contributed by atoms with Crippen molar-refractivity contribution in [1.29, 1.82) is 0 Å². The fraction of sp³-hybridized carbons (Fsp3) is 0.611. The van der Waals surface area contributed by atoms with E-state index in [2.05, 4.69) is 41.1 Å². The van der Waals surface area contributed by atoms with Crippen LogP contribution in [0.4, 0.5) is 10.5 Å². The Morgan fingerprint density at radius 1 is 1.21 bits per heavy atom. The fourth-order valence-corrected chi connectivity index (χ4v) is 2.87. The average Bonchev–Trinajstić information content (AvgIpc) is 2.48. The van der Waals surface area contributed by atoms with Crippen LogP contribution in [0.1, 0.15) is 30.9 Å². The number of halogens is 1. The first-order valence-electron chi connectivity index (χ1n) is 8.22. The van der Waals surface area contributed by atoms with Crippen LogP contribution in [-0.2, 0) is 4.74 Å². The van der Waals surface area contributed by atoms with Gasteiger partial charge in [-0.25, -0.2) is 4.79 Å². The molecule has 0 atom stereocenters. The average molecular weight is 448 g/mol. The van der Waals surface area contributed by atoms with E-state index in [9.17, 15) is 4.79 Å². The summed E-state index contributed by atoms with van der Waals surface area (Å²) in [6.07, 6.45) is -0.285. The highest BCUT2D eigenvalue weighted by Gasteiger charge is 2.29. The quantitative estimate of drug-likeness (QED) is 0.489. The van der Waals surface area contributed by atoms with Gasteiger partial charge in [0.25, 0.3) is 0 Å². The molecular formula is C18H29IN2O3. The Morgan fingerprint density at radius 2 is 1.79 bits per heavy atom. The molecule has 136 valence electrons. The molecule has 1 aromatic rings. The van der Waals surface area contributed by atoms with Crippen LogP contribution < -0.4 is 33.2 Å². The SMILES string of the molecule is Cc1ccc(C(C)C)c([N+](C)(C)C)c1OC(=O)N1CCOCC1.[I-]. The summed E-state index contributed by atoms with van der Waals surface area (Å²) in [4.78, 5) is 14.2. The van der Waals surface area contributed by atoms with Crippen LogP contribution in [0.5, 0.6) is 5.75 Å².